The first-order chi connectivity index (χ1) is 4.34. The third kappa shape index (κ3) is 1.52. The van der Waals surface area contributed by atoms with Gasteiger partial charge in [0.05, 0.1) is 6.54 Å². The minimum atomic E-state index is 0.626. The van der Waals surface area contributed by atoms with E-state index in [1.54, 1.807) is 0 Å². The van der Waals surface area contributed by atoms with Crippen molar-refractivity contribution in [2.24, 2.45) is 0 Å². The molecule has 2 nitrogen and oxygen atoms in total. The van der Waals surface area contributed by atoms with Gasteiger partial charge in [-0.3, -0.25) is 4.90 Å². The molecule has 0 aromatic carbocycles. The fraction of sp³-hybridized carbons (Fsp3) is 0.857. The van der Waals surface area contributed by atoms with Gasteiger partial charge in [-0.15, -0.1) is 0 Å². The van der Waals surface area contributed by atoms with Crippen LogP contribution < -0.4 is 0 Å². The van der Waals surface area contributed by atoms with E-state index in [0.29, 0.717) is 12.6 Å². The van der Waals surface area contributed by atoms with Gasteiger partial charge < -0.3 is 4.79 Å². The molecule has 0 N–H and O–H groups in total. The second-order valence-electron chi connectivity index (χ2n) is 2.65. The Morgan fingerprint density at radius 1 is 1.78 bits per heavy atom. The van der Waals surface area contributed by atoms with Gasteiger partial charge in [-0.05, 0) is 26.3 Å². The van der Waals surface area contributed by atoms with Gasteiger partial charge in [0.15, 0.2) is 0 Å². The topological polar surface area (TPSA) is 20.3 Å². The molecule has 9 heavy (non-hydrogen) atoms. The minimum absolute atomic E-state index is 0.626. The minimum Gasteiger partial charge on any atom is -0.302 e. The molecule has 0 saturated carbocycles. The van der Waals surface area contributed by atoms with Crippen LogP contribution >= 0.6 is 0 Å². The smallest absolute Gasteiger partial charge is 0.133 e. The predicted molar refractivity (Wildman–Crippen MR) is 36.3 cm³/mol. The predicted octanol–water partition coefficient (Wildman–Crippen LogP) is 0.670. The van der Waals surface area contributed by atoms with E-state index in [1.807, 2.05) is 0 Å². The molecular formula is C7H13NO. The highest BCUT2D eigenvalue weighted by molar-refractivity contribution is 5.52. The highest BCUT2D eigenvalue weighted by Crippen LogP contribution is 2.14. The van der Waals surface area contributed by atoms with Gasteiger partial charge in [0.25, 0.3) is 0 Å². The average Bonchev–Trinajstić information content (AvgIpc) is 2.18. The van der Waals surface area contributed by atoms with Gasteiger partial charge in [0.2, 0.25) is 0 Å². The first kappa shape index (κ1) is 6.75. The second-order valence-corrected chi connectivity index (χ2v) is 2.65. The molecule has 2 heteroatoms. The quantitative estimate of drug-likeness (QED) is 0.508. The molecule has 1 rings (SSSR count). The number of rotatable bonds is 2. The zero-order valence-corrected chi connectivity index (χ0v) is 5.84. The molecule has 52 valence electrons. The first-order valence-corrected chi connectivity index (χ1v) is 3.52. The molecule has 0 spiro atoms. The average molecular weight is 127 g/mol. The Bertz CT molecular complexity index is 103. The van der Waals surface area contributed by atoms with Gasteiger partial charge in [-0.2, -0.15) is 0 Å². The lowest BCUT2D eigenvalue weighted by atomic mass is 10.2. The van der Waals surface area contributed by atoms with Crippen molar-refractivity contribution in [3.63, 3.8) is 0 Å². The van der Waals surface area contributed by atoms with Crippen molar-refractivity contribution in [1.82, 2.24) is 4.90 Å². The molecule has 1 saturated heterocycles. The van der Waals surface area contributed by atoms with Crippen molar-refractivity contribution < 1.29 is 4.79 Å². The van der Waals surface area contributed by atoms with Crippen LogP contribution in [0, 0.1) is 0 Å². The van der Waals surface area contributed by atoms with E-state index in [-0.39, 0.29) is 0 Å². The summed E-state index contributed by atoms with van der Waals surface area (Å²) < 4.78 is 0. The molecule has 0 aromatic rings. The molecule has 0 amide bonds. The van der Waals surface area contributed by atoms with Crippen molar-refractivity contribution in [3.05, 3.63) is 0 Å². The third-order valence-corrected chi connectivity index (χ3v) is 2.00. The lowest BCUT2D eigenvalue weighted by Crippen LogP contribution is -2.28. The Kier molecular flexibility index (Phi) is 2.22. The number of carbonyl (C=O) groups is 1. The Hall–Kier alpha value is -0.370. The SMILES string of the molecule is CC1CCCN1CC=O. The van der Waals surface area contributed by atoms with Crippen LogP contribution in [0.1, 0.15) is 19.8 Å². The zero-order valence-electron chi connectivity index (χ0n) is 5.84. The number of likely N-dealkylation sites (tertiary alicyclic amines) is 1. The molecule has 1 heterocycles. The summed E-state index contributed by atoms with van der Waals surface area (Å²) in [6, 6.07) is 0.634. The number of hydrogen-bond acceptors (Lipinski definition) is 2. The largest absolute Gasteiger partial charge is 0.302 e. The van der Waals surface area contributed by atoms with Gasteiger partial charge in [-0.25, -0.2) is 0 Å². The molecule has 0 aliphatic carbocycles. The summed E-state index contributed by atoms with van der Waals surface area (Å²) in [5, 5.41) is 0. The molecule has 1 aliphatic heterocycles. The van der Waals surface area contributed by atoms with Crippen LogP contribution in [-0.2, 0) is 4.79 Å². The van der Waals surface area contributed by atoms with Crippen LogP contribution in [0.5, 0.6) is 0 Å². The third-order valence-electron chi connectivity index (χ3n) is 2.00. The summed E-state index contributed by atoms with van der Waals surface area (Å²) in [5.74, 6) is 0. The van der Waals surface area contributed by atoms with Crippen LogP contribution in [0.15, 0.2) is 0 Å². The molecule has 1 aliphatic rings. The lowest BCUT2D eigenvalue weighted by Gasteiger charge is -2.16. The standard InChI is InChI=1S/C7H13NO/c1-7-3-2-4-8(7)5-6-9/h6-7H,2-5H2,1H3. The lowest BCUT2D eigenvalue weighted by molar-refractivity contribution is -0.109. The Labute approximate surface area is 55.8 Å². The normalized spacial score (nSPS) is 28.8. The van der Waals surface area contributed by atoms with Crippen molar-refractivity contribution in [2.45, 2.75) is 25.8 Å². The zero-order chi connectivity index (χ0) is 6.69. The van der Waals surface area contributed by atoms with E-state index in [9.17, 15) is 4.79 Å². The second kappa shape index (κ2) is 2.97. The van der Waals surface area contributed by atoms with Gasteiger partial charge in [-0.1, -0.05) is 0 Å². The summed E-state index contributed by atoms with van der Waals surface area (Å²) in [6.07, 6.45) is 3.50. The molecular weight excluding hydrogens is 114 g/mol. The molecule has 0 bridgehead atoms. The first-order valence-electron chi connectivity index (χ1n) is 3.52. The van der Waals surface area contributed by atoms with E-state index < -0.39 is 0 Å². The molecule has 0 radical (unpaired) electrons. The Morgan fingerprint density at radius 2 is 2.56 bits per heavy atom. The summed E-state index contributed by atoms with van der Waals surface area (Å²) in [5.41, 5.74) is 0. The maximum Gasteiger partial charge on any atom is 0.133 e. The van der Waals surface area contributed by atoms with Crippen molar-refractivity contribution in [3.8, 4) is 0 Å². The fourth-order valence-corrected chi connectivity index (χ4v) is 1.36. The molecule has 1 fully saturated rings. The summed E-state index contributed by atoms with van der Waals surface area (Å²) >= 11 is 0. The molecule has 0 aromatic heterocycles. The van der Waals surface area contributed by atoms with Crippen LogP contribution in [0.4, 0.5) is 0 Å². The summed E-state index contributed by atoms with van der Waals surface area (Å²) in [6.45, 7) is 3.91. The highest BCUT2D eigenvalue weighted by atomic mass is 16.1. The molecule has 1 unspecified atom stereocenters. The van der Waals surface area contributed by atoms with E-state index in [0.717, 1.165) is 12.8 Å². The number of carbonyl (C=O) groups excluding carboxylic acids is 1. The van der Waals surface area contributed by atoms with Crippen molar-refractivity contribution in [2.75, 3.05) is 13.1 Å². The van der Waals surface area contributed by atoms with Crippen LogP contribution in [0.25, 0.3) is 0 Å². The summed E-state index contributed by atoms with van der Waals surface area (Å²) in [7, 11) is 0. The highest BCUT2D eigenvalue weighted by Gasteiger charge is 2.18. The van der Waals surface area contributed by atoms with Crippen LogP contribution in [0.2, 0.25) is 0 Å². The van der Waals surface area contributed by atoms with Crippen LogP contribution in [0.3, 0.4) is 0 Å². The number of nitrogens with zero attached hydrogens (tertiary/aromatic N) is 1. The summed E-state index contributed by atoms with van der Waals surface area (Å²) in [4.78, 5) is 12.3. The van der Waals surface area contributed by atoms with Gasteiger partial charge >= 0.3 is 0 Å². The van der Waals surface area contributed by atoms with E-state index in [2.05, 4.69) is 11.8 Å². The molecule has 1 atom stereocenters. The monoisotopic (exact) mass is 127 g/mol. The van der Waals surface area contributed by atoms with Gasteiger partial charge in [0, 0.05) is 6.04 Å². The van der Waals surface area contributed by atoms with E-state index >= 15 is 0 Å². The van der Waals surface area contributed by atoms with E-state index in [1.165, 1.54) is 12.8 Å². The van der Waals surface area contributed by atoms with Gasteiger partial charge in [0.1, 0.15) is 6.29 Å². The Balaban J connectivity index is 2.30. The number of hydrogen-bond donors (Lipinski definition) is 0. The Morgan fingerprint density at radius 3 is 3.00 bits per heavy atom. The van der Waals surface area contributed by atoms with Crippen molar-refractivity contribution in [1.29, 1.82) is 0 Å². The van der Waals surface area contributed by atoms with Crippen LogP contribution in [-0.4, -0.2) is 30.3 Å². The fourth-order valence-electron chi connectivity index (χ4n) is 1.36. The maximum absolute atomic E-state index is 10.1. The van der Waals surface area contributed by atoms with E-state index in [4.69, 9.17) is 0 Å². The maximum atomic E-state index is 10.1. The van der Waals surface area contributed by atoms with Crippen molar-refractivity contribution >= 4 is 6.29 Å². The number of aldehydes is 1.